The highest BCUT2D eigenvalue weighted by Gasteiger charge is 2.41. The molecule has 2 fully saturated rings. The quantitative estimate of drug-likeness (QED) is 0.644. The van der Waals surface area contributed by atoms with Crippen molar-refractivity contribution < 1.29 is 4.79 Å². The van der Waals surface area contributed by atoms with Gasteiger partial charge in [-0.2, -0.15) is 0 Å². The molecule has 0 radical (unpaired) electrons. The zero-order valence-corrected chi connectivity index (χ0v) is 8.42. The van der Waals surface area contributed by atoms with Crippen LogP contribution in [0.5, 0.6) is 0 Å². The van der Waals surface area contributed by atoms with E-state index in [0.717, 1.165) is 19.5 Å². The fraction of sp³-hybridized carbons (Fsp3) is 0.900. The van der Waals surface area contributed by atoms with E-state index in [1.807, 2.05) is 0 Å². The van der Waals surface area contributed by atoms with E-state index < -0.39 is 0 Å². The maximum atomic E-state index is 11.4. The predicted octanol–water partition coefficient (Wildman–Crippen LogP) is 0.605. The van der Waals surface area contributed by atoms with Crippen LogP contribution in [0.2, 0.25) is 0 Å². The summed E-state index contributed by atoms with van der Waals surface area (Å²) in [6.07, 6.45) is 2.26. The number of carbonyl (C=O) groups is 1. The Balaban J connectivity index is 2.11. The molecular formula is C10H18N2O. The summed E-state index contributed by atoms with van der Waals surface area (Å²) in [4.78, 5) is 13.9. The lowest BCUT2D eigenvalue weighted by Gasteiger charge is -2.38. The van der Waals surface area contributed by atoms with Gasteiger partial charge in [-0.05, 0) is 33.2 Å². The van der Waals surface area contributed by atoms with Gasteiger partial charge >= 0.3 is 0 Å². The summed E-state index contributed by atoms with van der Waals surface area (Å²) < 4.78 is 0. The molecule has 3 nitrogen and oxygen atoms in total. The lowest BCUT2D eigenvalue weighted by Crippen LogP contribution is -2.48. The molecule has 1 amide bonds. The lowest BCUT2D eigenvalue weighted by molar-refractivity contribution is -0.124. The Bertz CT molecular complexity index is 215. The molecule has 2 saturated heterocycles. The van der Waals surface area contributed by atoms with E-state index in [0.29, 0.717) is 12.1 Å². The number of hydrogen-bond donors (Lipinski definition) is 1. The number of hydrogen-bond acceptors (Lipinski definition) is 2. The van der Waals surface area contributed by atoms with Gasteiger partial charge in [-0.3, -0.25) is 9.69 Å². The first-order valence-electron chi connectivity index (χ1n) is 5.23. The molecular weight excluding hydrogens is 164 g/mol. The smallest absolute Gasteiger partial charge is 0.224 e. The summed E-state index contributed by atoms with van der Waals surface area (Å²) in [6.45, 7) is 6.45. The largest absolute Gasteiger partial charge is 0.354 e. The van der Waals surface area contributed by atoms with Gasteiger partial charge in [0.25, 0.3) is 0 Å². The highest BCUT2D eigenvalue weighted by atomic mass is 16.2. The van der Waals surface area contributed by atoms with Gasteiger partial charge in [-0.15, -0.1) is 0 Å². The Morgan fingerprint density at radius 1 is 1.54 bits per heavy atom. The number of likely N-dealkylation sites (tertiary alicyclic amines) is 1. The highest BCUT2D eigenvalue weighted by molar-refractivity contribution is 5.82. The zero-order chi connectivity index (χ0) is 9.42. The molecule has 0 bridgehead atoms. The van der Waals surface area contributed by atoms with Crippen LogP contribution in [0.15, 0.2) is 0 Å². The molecule has 0 aliphatic carbocycles. The van der Waals surface area contributed by atoms with Crippen LogP contribution in [0, 0.1) is 5.92 Å². The molecule has 1 N–H and O–H groups in total. The van der Waals surface area contributed by atoms with Crippen LogP contribution >= 0.6 is 0 Å². The number of nitrogens with one attached hydrogen (secondary N) is 1. The van der Waals surface area contributed by atoms with Crippen molar-refractivity contribution in [3.05, 3.63) is 0 Å². The summed E-state index contributed by atoms with van der Waals surface area (Å²) in [6, 6.07) is 1.04. The maximum Gasteiger partial charge on any atom is 0.224 e. The molecule has 2 atom stereocenters. The van der Waals surface area contributed by atoms with Crippen molar-refractivity contribution >= 4 is 5.91 Å². The molecule has 2 heterocycles. The summed E-state index contributed by atoms with van der Waals surface area (Å²) in [5.74, 6) is 0.548. The number of amides is 1. The van der Waals surface area contributed by atoms with Gasteiger partial charge in [0, 0.05) is 18.6 Å². The molecule has 0 aromatic carbocycles. The topological polar surface area (TPSA) is 32.3 Å². The highest BCUT2D eigenvalue weighted by Crippen LogP contribution is 2.28. The number of nitrogens with zero attached hydrogens (tertiary/aromatic N) is 1. The molecule has 0 saturated carbocycles. The molecule has 3 heteroatoms. The fourth-order valence-electron chi connectivity index (χ4n) is 2.63. The van der Waals surface area contributed by atoms with Gasteiger partial charge in [0.1, 0.15) is 0 Å². The van der Waals surface area contributed by atoms with Crippen molar-refractivity contribution in [2.75, 3.05) is 13.1 Å². The van der Waals surface area contributed by atoms with E-state index in [4.69, 9.17) is 0 Å². The summed E-state index contributed by atoms with van der Waals surface area (Å²) in [5, 5.41) is 2.97. The monoisotopic (exact) mass is 182 g/mol. The SMILES string of the molecule is CC(C)N1CCCC2C(=O)NCC21. The van der Waals surface area contributed by atoms with Gasteiger partial charge in [0.15, 0.2) is 0 Å². The fourth-order valence-corrected chi connectivity index (χ4v) is 2.63. The van der Waals surface area contributed by atoms with Crippen LogP contribution in [0.1, 0.15) is 26.7 Å². The third-order valence-electron chi connectivity index (χ3n) is 3.31. The molecule has 2 unspecified atom stereocenters. The van der Waals surface area contributed by atoms with Gasteiger partial charge in [-0.1, -0.05) is 0 Å². The Morgan fingerprint density at radius 3 is 3.00 bits per heavy atom. The second kappa shape index (κ2) is 3.29. The normalized spacial score (nSPS) is 34.8. The van der Waals surface area contributed by atoms with Crippen LogP contribution in [0.3, 0.4) is 0 Å². The van der Waals surface area contributed by atoms with Crippen molar-refractivity contribution in [3.63, 3.8) is 0 Å². The van der Waals surface area contributed by atoms with Crippen molar-refractivity contribution in [1.82, 2.24) is 10.2 Å². The van der Waals surface area contributed by atoms with Crippen LogP contribution in [0.4, 0.5) is 0 Å². The van der Waals surface area contributed by atoms with Crippen molar-refractivity contribution in [1.29, 1.82) is 0 Å². The van der Waals surface area contributed by atoms with Gasteiger partial charge in [0.2, 0.25) is 5.91 Å². The zero-order valence-electron chi connectivity index (χ0n) is 8.42. The lowest BCUT2D eigenvalue weighted by atomic mass is 9.90. The summed E-state index contributed by atoms with van der Waals surface area (Å²) in [5.41, 5.74) is 0. The third-order valence-corrected chi connectivity index (χ3v) is 3.31. The Kier molecular flexibility index (Phi) is 2.28. The Labute approximate surface area is 79.5 Å². The number of piperidine rings is 1. The first-order chi connectivity index (χ1) is 6.20. The molecule has 0 aromatic rings. The van der Waals surface area contributed by atoms with Gasteiger partial charge in [-0.25, -0.2) is 0 Å². The average molecular weight is 182 g/mol. The maximum absolute atomic E-state index is 11.4. The minimum Gasteiger partial charge on any atom is -0.354 e. The molecule has 0 spiro atoms. The second-order valence-corrected chi connectivity index (χ2v) is 4.39. The molecule has 2 aliphatic heterocycles. The van der Waals surface area contributed by atoms with Crippen molar-refractivity contribution in [2.24, 2.45) is 5.92 Å². The number of rotatable bonds is 1. The first-order valence-corrected chi connectivity index (χ1v) is 5.23. The third kappa shape index (κ3) is 1.46. The first kappa shape index (κ1) is 9.00. The van der Waals surface area contributed by atoms with Crippen LogP contribution in [0.25, 0.3) is 0 Å². The van der Waals surface area contributed by atoms with Crippen molar-refractivity contribution in [2.45, 2.75) is 38.8 Å². The van der Waals surface area contributed by atoms with Gasteiger partial charge in [0.05, 0.1) is 5.92 Å². The van der Waals surface area contributed by atoms with Crippen molar-refractivity contribution in [3.8, 4) is 0 Å². The second-order valence-electron chi connectivity index (χ2n) is 4.39. The molecule has 2 rings (SSSR count). The predicted molar refractivity (Wildman–Crippen MR) is 51.4 cm³/mol. The minimum absolute atomic E-state index is 0.273. The van der Waals surface area contributed by atoms with E-state index in [1.54, 1.807) is 0 Å². The standard InChI is InChI=1S/C10H18N2O/c1-7(2)12-5-3-4-8-9(12)6-11-10(8)13/h7-9H,3-6H2,1-2H3,(H,11,13). The molecule has 74 valence electrons. The van der Waals surface area contributed by atoms with E-state index in [2.05, 4.69) is 24.1 Å². The average Bonchev–Trinajstić information content (AvgIpc) is 2.48. The van der Waals surface area contributed by atoms with Gasteiger partial charge < -0.3 is 5.32 Å². The van der Waals surface area contributed by atoms with Crippen LogP contribution in [-0.4, -0.2) is 36.0 Å². The van der Waals surface area contributed by atoms with Crippen LogP contribution in [-0.2, 0) is 4.79 Å². The summed E-state index contributed by atoms with van der Waals surface area (Å²) >= 11 is 0. The van der Waals surface area contributed by atoms with E-state index in [9.17, 15) is 4.79 Å². The minimum atomic E-state index is 0.273. The molecule has 2 aliphatic rings. The Hall–Kier alpha value is -0.570. The van der Waals surface area contributed by atoms with E-state index >= 15 is 0 Å². The summed E-state index contributed by atoms with van der Waals surface area (Å²) in [7, 11) is 0. The Morgan fingerprint density at radius 2 is 2.31 bits per heavy atom. The molecule has 0 aromatic heterocycles. The molecule has 13 heavy (non-hydrogen) atoms. The number of carbonyl (C=O) groups excluding carboxylic acids is 1. The van der Waals surface area contributed by atoms with E-state index in [1.165, 1.54) is 6.42 Å². The number of fused-ring (bicyclic) bond motifs is 1. The van der Waals surface area contributed by atoms with Crippen LogP contribution < -0.4 is 5.32 Å². The van der Waals surface area contributed by atoms with E-state index in [-0.39, 0.29) is 11.8 Å².